The molecule has 30 heavy (non-hydrogen) atoms. The number of rotatable bonds is 7. The molecule has 0 aromatic heterocycles. The third kappa shape index (κ3) is 6.75. The lowest BCUT2D eigenvalue weighted by atomic mass is 10.1. The number of halogens is 3. The second-order valence-electron chi connectivity index (χ2n) is 7.26. The number of carbonyl (C=O) groups excluding carboxylic acids is 1. The van der Waals surface area contributed by atoms with E-state index in [4.69, 9.17) is 4.74 Å². The number of nitrogens with one attached hydrogen (secondary N) is 1. The third-order valence-electron chi connectivity index (χ3n) is 5.02. The van der Waals surface area contributed by atoms with Gasteiger partial charge in [0.2, 0.25) is 0 Å². The average molecular weight is 439 g/mol. The van der Waals surface area contributed by atoms with E-state index in [0.29, 0.717) is 34.0 Å². The number of para-hydroxylation sites is 1. The molecule has 8 heteroatoms. The fourth-order valence-electron chi connectivity index (χ4n) is 3.37. The number of ether oxygens (including phenoxy) is 1. The molecule has 1 aliphatic rings. The highest BCUT2D eigenvalue weighted by molar-refractivity contribution is 7.99. The smallest absolute Gasteiger partial charge is 0.381 e. The van der Waals surface area contributed by atoms with Crippen LogP contribution in [0, 0.1) is 0 Å². The number of hydrogen-bond donors (Lipinski definition) is 1. The predicted molar refractivity (Wildman–Crippen MR) is 113 cm³/mol. The van der Waals surface area contributed by atoms with Crippen LogP contribution in [0.15, 0.2) is 53.4 Å². The number of piperidine rings is 1. The summed E-state index contributed by atoms with van der Waals surface area (Å²) < 4.78 is 43.0. The van der Waals surface area contributed by atoms with E-state index in [9.17, 15) is 18.0 Å². The van der Waals surface area contributed by atoms with E-state index in [1.807, 2.05) is 12.1 Å². The van der Waals surface area contributed by atoms with E-state index in [1.54, 1.807) is 43.5 Å². The van der Waals surface area contributed by atoms with Crippen molar-refractivity contribution in [2.75, 3.05) is 31.3 Å². The minimum absolute atomic E-state index is 0.337. The molecule has 1 fully saturated rings. The van der Waals surface area contributed by atoms with Gasteiger partial charge in [-0.05, 0) is 42.7 Å². The Kier molecular flexibility index (Phi) is 7.80. The summed E-state index contributed by atoms with van der Waals surface area (Å²) in [5, 5.41) is 2.72. The number of amides is 1. The molecular weight excluding hydrogens is 413 g/mol. The maximum Gasteiger partial charge on any atom is 0.398 e. The monoisotopic (exact) mass is 438 g/mol. The van der Waals surface area contributed by atoms with Crippen molar-refractivity contribution in [3.63, 3.8) is 0 Å². The SMILES string of the molecule is COC1CCN(Cc2ccc(C(=O)Nc3ccccc3SCC(F)(F)F)cc2)CC1. The summed E-state index contributed by atoms with van der Waals surface area (Å²) in [7, 11) is 1.75. The molecule has 0 spiro atoms. The zero-order valence-electron chi connectivity index (χ0n) is 16.7. The number of carbonyl (C=O) groups is 1. The van der Waals surface area contributed by atoms with Gasteiger partial charge in [0.05, 0.1) is 17.5 Å². The Morgan fingerprint density at radius 1 is 1.13 bits per heavy atom. The molecule has 0 aliphatic carbocycles. The Balaban J connectivity index is 1.58. The Hall–Kier alpha value is -2.03. The number of methoxy groups -OCH3 is 1. The minimum Gasteiger partial charge on any atom is -0.381 e. The van der Waals surface area contributed by atoms with E-state index >= 15 is 0 Å². The summed E-state index contributed by atoms with van der Waals surface area (Å²) in [5.41, 5.74) is 1.96. The highest BCUT2D eigenvalue weighted by Crippen LogP contribution is 2.32. The summed E-state index contributed by atoms with van der Waals surface area (Å²) in [6.07, 6.45) is -1.90. The zero-order valence-corrected chi connectivity index (χ0v) is 17.6. The number of thioether (sulfide) groups is 1. The first-order chi connectivity index (χ1) is 14.3. The van der Waals surface area contributed by atoms with Gasteiger partial charge >= 0.3 is 6.18 Å². The number of alkyl halides is 3. The largest absolute Gasteiger partial charge is 0.398 e. The normalized spacial score (nSPS) is 15.9. The Labute approximate surface area is 178 Å². The fraction of sp³-hybridized carbons (Fsp3) is 0.409. The van der Waals surface area contributed by atoms with Gasteiger partial charge in [0.1, 0.15) is 0 Å². The molecule has 0 unspecified atom stereocenters. The van der Waals surface area contributed by atoms with Crippen LogP contribution in [-0.2, 0) is 11.3 Å². The van der Waals surface area contributed by atoms with Crippen molar-refractivity contribution in [3.8, 4) is 0 Å². The Morgan fingerprint density at radius 3 is 2.43 bits per heavy atom. The Morgan fingerprint density at radius 2 is 1.80 bits per heavy atom. The van der Waals surface area contributed by atoms with Crippen molar-refractivity contribution in [2.45, 2.75) is 36.6 Å². The number of benzene rings is 2. The molecular formula is C22H25F3N2O2S. The summed E-state index contributed by atoms with van der Waals surface area (Å²) in [5.74, 6) is -1.35. The van der Waals surface area contributed by atoms with Gasteiger partial charge in [-0.3, -0.25) is 9.69 Å². The van der Waals surface area contributed by atoms with Gasteiger partial charge in [-0.1, -0.05) is 24.3 Å². The molecule has 1 heterocycles. The minimum atomic E-state index is -4.27. The lowest BCUT2D eigenvalue weighted by molar-refractivity contribution is -0.105. The number of hydrogen-bond acceptors (Lipinski definition) is 4. The van der Waals surface area contributed by atoms with Crippen LogP contribution in [0.1, 0.15) is 28.8 Å². The van der Waals surface area contributed by atoms with E-state index in [2.05, 4.69) is 10.2 Å². The van der Waals surface area contributed by atoms with Gasteiger partial charge < -0.3 is 10.1 Å². The molecule has 4 nitrogen and oxygen atoms in total. The molecule has 162 valence electrons. The van der Waals surface area contributed by atoms with Gasteiger partial charge in [-0.15, -0.1) is 11.8 Å². The molecule has 1 amide bonds. The van der Waals surface area contributed by atoms with E-state index in [1.165, 1.54) is 0 Å². The Bertz CT molecular complexity index is 835. The maximum atomic E-state index is 12.6. The highest BCUT2D eigenvalue weighted by Gasteiger charge is 2.27. The van der Waals surface area contributed by atoms with Crippen molar-refractivity contribution in [3.05, 3.63) is 59.7 Å². The quantitative estimate of drug-likeness (QED) is 0.603. The average Bonchev–Trinajstić information content (AvgIpc) is 2.73. The van der Waals surface area contributed by atoms with E-state index < -0.39 is 11.9 Å². The van der Waals surface area contributed by atoms with Crippen molar-refractivity contribution < 1.29 is 22.7 Å². The van der Waals surface area contributed by atoms with E-state index in [-0.39, 0.29) is 5.91 Å². The van der Waals surface area contributed by atoms with Gasteiger partial charge in [-0.25, -0.2) is 0 Å². The summed E-state index contributed by atoms with van der Waals surface area (Å²) in [4.78, 5) is 15.3. The number of anilines is 1. The summed E-state index contributed by atoms with van der Waals surface area (Å²) in [6, 6.07) is 13.8. The fourth-order valence-corrected chi connectivity index (χ4v) is 4.14. The van der Waals surface area contributed by atoms with Crippen LogP contribution >= 0.6 is 11.8 Å². The first kappa shape index (κ1) is 22.7. The van der Waals surface area contributed by atoms with Crippen molar-refractivity contribution in [1.29, 1.82) is 0 Å². The molecule has 2 aromatic rings. The van der Waals surface area contributed by atoms with Crippen molar-refractivity contribution in [1.82, 2.24) is 4.90 Å². The van der Waals surface area contributed by atoms with Crippen LogP contribution in [0.3, 0.4) is 0 Å². The van der Waals surface area contributed by atoms with Crippen LogP contribution in [0.5, 0.6) is 0 Å². The van der Waals surface area contributed by atoms with Gasteiger partial charge in [0.25, 0.3) is 5.91 Å². The molecule has 2 aromatic carbocycles. The second-order valence-corrected chi connectivity index (χ2v) is 8.28. The van der Waals surface area contributed by atoms with Crippen LogP contribution < -0.4 is 5.32 Å². The van der Waals surface area contributed by atoms with Crippen LogP contribution in [0.4, 0.5) is 18.9 Å². The summed E-state index contributed by atoms with van der Waals surface area (Å²) >= 11 is 0.661. The highest BCUT2D eigenvalue weighted by atomic mass is 32.2. The molecule has 0 bridgehead atoms. The van der Waals surface area contributed by atoms with Gasteiger partial charge in [0, 0.05) is 37.2 Å². The molecule has 1 saturated heterocycles. The molecule has 0 saturated carbocycles. The summed E-state index contributed by atoms with van der Waals surface area (Å²) in [6.45, 7) is 2.77. The molecule has 0 radical (unpaired) electrons. The number of likely N-dealkylation sites (tertiary alicyclic amines) is 1. The lowest BCUT2D eigenvalue weighted by Gasteiger charge is -2.31. The van der Waals surface area contributed by atoms with Crippen LogP contribution in [0.2, 0.25) is 0 Å². The standard InChI is InChI=1S/C22H25F3N2O2S/c1-29-18-10-12-27(13-11-18)14-16-6-8-17(9-7-16)21(28)26-19-4-2-3-5-20(19)30-15-22(23,24)25/h2-9,18H,10-15H2,1H3,(H,26,28). The van der Waals surface area contributed by atoms with Gasteiger partial charge in [-0.2, -0.15) is 13.2 Å². The predicted octanol–water partition coefficient (Wildman–Crippen LogP) is 5.20. The van der Waals surface area contributed by atoms with Crippen molar-refractivity contribution in [2.24, 2.45) is 0 Å². The lowest BCUT2D eigenvalue weighted by Crippen LogP contribution is -2.36. The van der Waals surface area contributed by atoms with Crippen LogP contribution in [0.25, 0.3) is 0 Å². The second kappa shape index (κ2) is 10.3. The first-order valence-corrected chi connectivity index (χ1v) is 10.8. The van der Waals surface area contributed by atoms with Crippen molar-refractivity contribution >= 4 is 23.4 Å². The molecule has 1 N–H and O–H groups in total. The molecule has 0 atom stereocenters. The zero-order chi connectivity index (χ0) is 21.6. The molecule has 1 aliphatic heterocycles. The van der Waals surface area contributed by atoms with E-state index in [0.717, 1.165) is 38.0 Å². The van der Waals surface area contributed by atoms with Gasteiger partial charge in [0.15, 0.2) is 0 Å². The van der Waals surface area contributed by atoms with Crippen LogP contribution in [-0.4, -0.2) is 49.0 Å². The third-order valence-corrected chi connectivity index (χ3v) is 6.16. The molecule has 3 rings (SSSR count). The first-order valence-electron chi connectivity index (χ1n) is 9.78. The topological polar surface area (TPSA) is 41.6 Å². The number of nitrogens with zero attached hydrogens (tertiary/aromatic N) is 1. The maximum absolute atomic E-state index is 12.6.